The molecule has 1 aromatic heterocycles. The summed E-state index contributed by atoms with van der Waals surface area (Å²) in [6.07, 6.45) is 10.3. The van der Waals surface area contributed by atoms with Crippen LogP contribution in [0.4, 0.5) is 0 Å². The average molecular weight is 376 g/mol. The van der Waals surface area contributed by atoms with Gasteiger partial charge in [-0.25, -0.2) is 4.98 Å². The molecule has 0 bridgehead atoms. The highest BCUT2D eigenvalue weighted by atomic mass is 16.5. The van der Waals surface area contributed by atoms with Gasteiger partial charge >= 0.3 is 0 Å². The summed E-state index contributed by atoms with van der Waals surface area (Å²) in [6, 6.07) is -0.145. The van der Waals surface area contributed by atoms with Gasteiger partial charge in [0.15, 0.2) is 0 Å². The van der Waals surface area contributed by atoms with Gasteiger partial charge in [-0.1, -0.05) is 12.8 Å². The van der Waals surface area contributed by atoms with Crippen molar-refractivity contribution in [1.29, 1.82) is 0 Å². The van der Waals surface area contributed by atoms with Crippen molar-refractivity contribution in [3.8, 4) is 0 Å². The Morgan fingerprint density at radius 2 is 2.00 bits per heavy atom. The fourth-order valence-electron chi connectivity index (χ4n) is 3.85. The molecule has 2 amide bonds. The molecule has 3 N–H and O–H groups in total. The van der Waals surface area contributed by atoms with Gasteiger partial charge in [-0.05, 0) is 32.1 Å². The van der Waals surface area contributed by atoms with Gasteiger partial charge in [-0.3, -0.25) is 14.6 Å². The Morgan fingerprint density at radius 3 is 2.70 bits per heavy atom. The van der Waals surface area contributed by atoms with Crippen LogP contribution in [0.2, 0.25) is 0 Å². The van der Waals surface area contributed by atoms with Gasteiger partial charge in [0, 0.05) is 24.9 Å². The topological polar surface area (TPSA) is 113 Å². The van der Waals surface area contributed by atoms with Gasteiger partial charge in [0.05, 0.1) is 24.9 Å². The third-order valence-electron chi connectivity index (χ3n) is 5.40. The lowest BCUT2D eigenvalue weighted by atomic mass is 9.96. The van der Waals surface area contributed by atoms with E-state index in [1.165, 1.54) is 18.6 Å². The molecule has 3 rings (SSSR count). The predicted molar refractivity (Wildman–Crippen MR) is 97.9 cm³/mol. The molecule has 1 aromatic rings. The summed E-state index contributed by atoms with van der Waals surface area (Å²) in [4.78, 5) is 32.1. The molecule has 3 atom stereocenters. The highest BCUT2D eigenvalue weighted by Crippen LogP contribution is 2.26. The summed E-state index contributed by atoms with van der Waals surface area (Å²) >= 11 is 0. The maximum absolute atomic E-state index is 12.3. The SMILES string of the molecule is O=C(NCC[C@H]1CC[C@H](NC(=O)C2CCCC2)[C@H](CO)O1)c1cnccn1. The smallest absolute Gasteiger partial charge is 0.271 e. The first-order valence-corrected chi connectivity index (χ1v) is 9.78. The Bertz CT molecular complexity index is 621. The van der Waals surface area contributed by atoms with E-state index in [9.17, 15) is 14.7 Å². The first-order valence-electron chi connectivity index (χ1n) is 9.78. The number of carbonyl (C=O) groups is 2. The van der Waals surface area contributed by atoms with Crippen molar-refractivity contribution < 1.29 is 19.4 Å². The summed E-state index contributed by atoms with van der Waals surface area (Å²) in [5, 5.41) is 15.5. The number of nitrogens with one attached hydrogen (secondary N) is 2. The van der Waals surface area contributed by atoms with Gasteiger partial charge in [0.1, 0.15) is 11.8 Å². The quantitative estimate of drug-likeness (QED) is 0.649. The van der Waals surface area contributed by atoms with E-state index < -0.39 is 6.10 Å². The molecule has 27 heavy (non-hydrogen) atoms. The van der Waals surface area contributed by atoms with Crippen LogP contribution in [0.3, 0.4) is 0 Å². The van der Waals surface area contributed by atoms with Crippen LogP contribution >= 0.6 is 0 Å². The number of rotatable bonds is 7. The van der Waals surface area contributed by atoms with E-state index in [-0.39, 0.29) is 42.2 Å². The molecule has 1 aliphatic heterocycles. The molecule has 1 saturated heterocycles. The van der Waals surface area contributed by atoms with Crippen molar-refractivity contribution in [1.82, 2.24) is 20.6 Å². The highest BCUT2D eigenvalue weighted by Gasteiger charge is 2.33. The lowest BCUT2D eigenvalue weighted by Crippen LogP contribution is -2.52. The van der Waals surface area contributed by atoms with Gasteiger partial charge in [0.2, 0.25) is 5.91 Å². The van der Waals surface area contributed by atoms with Gasteiger partial charge < -0.3 is 20.5 Å². The van der Waals surface area contributed by atoms with Crippen molar-refractivity contribution in [2.24, 2.45) is 5.92 Å². The summed E-state index contributed by atoms with van der Waals surface area (Å²) in [5.74, 6) is -0.0630. The molecule has 1 aliphatic carbocycles. The first-order chi connectivity index (χ1) is 13.2. The van der Waals surface area contributed by atoms with Crippen molar-refractivity contribution in [2.75, 3.05) is 13.2 Å². The molecular weight excluding hydrogens is 348 g/mol. The standard InChI is InChI=1S/C19H28N4O4/c24-12-17-15(23-18(25)13-3-1-2-4-13)6-5-14(27-17)7-8-22-19(26)16-11-20-9-10-21-16/h9-11,13-15,17,24H,1-8,12H2,(H,22,26)(H,23,25)/t14-,15+,17+/m1/s1. The summed E-state index contributed by atoms with van der Waals surface area (Å²) in [7, 11) is 0. The highest BCUT2D eigenvalue weighted by molar-refractivity contribution is 5.91. The van der Waals surface area contributed by atoms with Crippen molar-refractivity contribution in [2.45, 2.75) is 63.2 Å². The van der Waals surface area contributed by atoms with E-state index in [0.29, 0.717) is 13.0 Å². The molecule has 1 saturated carbocycles. The van der Waals surface area contributed by atoms with Crippen LogP contribution in [-0.4, -0.2) is 58.3 Å². The molecule has 2 fully saturated rings. The van der Waals surface area contributed by atoms with Crippen LogP contribution in [0.5, 0.6) is 0 Å². The average Bonchev–Trinajstić information content (AvgIpc) is 3.24. The van der Waals surface area contributed by atoms with Crippen LogP contribution in [0, 0.1) is 5.92 Å². The van der Waals surface area contributed by atoms with Gasteiger partial charge in [-0.15, -0.1) is 0 Å². The number of hydrogen-bond donors (Lipinski definition) is 3. The fourth-order valence-corrected chi connectivity index (χ4v) is 3.85. The second-order valence-electron chi connectivity index (χ2n) is 7.29. The third-order valence-corrected chi connectivity index (χ3v) is 5.40. The number of amides is 2. The van der Waals surface area contributed by atoms with Crippen LogP contribution in [0.1, 0.15) is 55.4 Å². The number of aromatic nitrogens is 2. The number of nitrogens with zero attached hydrogens (tertiary/aromatic N) is 2. The minimum absolute atomic E-state index is 0.0519. The van der Waals surface area contributed by atoms with Crippen LogP contribution in [0.25, 0.3) is 0 Å². The van der Waals surface area contributed by atoms with Crippen LogP contribution in [-0.2, 0) is 9.53 Å². The maximum atomic E-state index is 12.3. The van der Waals surface area contributed by atoms with E-state index >= 15 is 0 Å². The number of aliphatic hydroxyl groups is 1. The number of ether oxygens (including phenoxy) is 1. The molecule has 0 aromatic carbocycles. The van der Waals surface area contributed by atoms with E-state index in [1.807, 2.05) is 0 Å². The van der Waals surface area contributed by atoms with Crippen LogP contribution < -0.4 is 10.6 Å². The summed E-state index contributed by atoms with van der Waals surface area (Å²) in [6.45, 7) is 0.329. The molecule has 0 spiro atoms. The van der Waals surface area contributed by atoms with E-state index in [4.69, 9.17) is 4.74 Å². The Hall–Kier alpha value is -2.06. The Balaban J connectivity index is 1.41. The molecule has 8 heteroatoms. The summed E-state index contributed by atoms with van der Waals surface area (Å²) in [5.41, 5.74) is 0.282. The molecule has 2 aliphatic rings. The maximum Gasteiger partial charge on any atom is 0.271 e. The lowest BCUT2D eigenvalue weighted by molar-refractivity contribution is -0.131. The Labute approximate surface area is 159 Å². The lowest BCUT2D eigenvalue weighted by Gasteiger charge is -2.36. The number of hydrogen-bond acceptors (Lipinski definition) is 6. The Morgan fingerprint density at radius 1 is 1.19 bits per heavy atom. The second-order valence-corrected chi connectivity index (χ2v) is 7.29. The van der Waals surface area contributed by atoms with Gasteiger partial charge in [-0.2, -0.15) is 0 Å². The molecule has 2 heterocycles. The molecule has 148 valence electrons. The normalized spacial score (nSPS) is 25.9. The largest absolute Gasteiger partial charge is 0.394 e. The number of carbonyl (C=O) groups excluding carboxylic acids is 2. The molecule has 0 radical (unpaired) electrons. The first kappa shape index (κ1) is 19.7. The van der Waals surface area contributed by atoms with E-state index in [1.54, 1.807) is 0 Å². The fraction of sp³-hybridized carbons (Fsp3) is 0.684. The van der Waals surface area contributed by atoms with Crippen molar-refractivity contribution in [3.63, 3.8) is 0 Å². The zero-order chi connectivity index (χ0) is 19.1. The van der Waals surface area contributed by atoms with Crippen molar-refractivity contribution in [3.05, 3.63) is 24.3 Å². The third kappa shape index (κ3) is 5.46. The van der Waals surface area contributed by atoms with Gasteiger partial charge in [0.25, 0.3) is 5.91 Å². The summed E-state index contributed by atoms with van der Waals surface area (Å²) < 4.78 is 5.96. The van der Waals surface area contributed by atoms with Crippen LogP contribution in [0.15, 0.2) is 18.6 Å². The second kappa shape index (κ2) is 9.75. The monoisotopic (exact) mass is 376 g/mol. The van der Waals surface area contributed by atoms with Crippen molar-refractivity contribution >= 4 is 11.8 Å². The molecule has 8 nitrogen and oxygen atoms in total. The Kier molecular flexibility index (Phi) is 7.11. The molecule has 0 unspecified atom stereocenters. The van der Waals surface area contributed by atoms with E-state index in [2.05, 4.69) is 20.6 Å². The number of aliphatic hydroxyl groups excluding tert-OH is 1. The predicted octanol–water partition coefficient (Wildman–Crippen LogP) is 0.811. The molecular formula is C19H28N4O4. The zero-order valence-electron chi connectivity index (χ0n) is 15.5. The minimum atomic E-state index is -0.398. The van der Waals surface area contributed by atoms with E-state index in [0.717, 1.165) is 38.5 Å². The minimum Gasteiger partial charge on any atom is -0.394 e. The zero-order valence-corrected chi connectivity index (χ0v) is 15.5.